The lowest BCUT2D eigenvalue weighted by atomic mass is 9.98. The van der Waals surface area contributed by atoms with Crippen LogP contribution in [0.15, 0.2) is 48.5 Å². The van der Waals surface area contributed by atoms with E-state index in [0.717, 1.165) is 43.7 Å². The Morgan fingerprint density at radius 3 is 2.46 bits per heavy atom. The molecule has 3 nitrogen and oxygen atoms in total. The lowest BCUT2D eigenvalue weighted by Gasteiger charge is -2.21. The van der Waals surface area contributed by atoms with Crippen LogP contribution in [-0.4, -0.2) is 41.9 Å². The number of carbonyl (C=O) groups excluding carboxylic acids is 1. The number of halogens is 1. The fourth-order valence-electron chi connectivity index (χ4n) is 4.49. The fourth-order valence-corrected chi connectivity index (χ4v) is 4.49. The summed E-state index contributed by atoms with van der Waals surface area (Å²) in [5, 5.41) is 0. The topological polar surface area (TPSA) is 23.6 Å². The number of carbonyl (C=O) groups is 1. The van der Waals surface area contributed by atoms with E-state index < -0.39 is 0 Å². The van der Waals surface area contributed by atoms with Gasteiger partial charge in [-0.1, -0.05) is 37.1 Å². The molecule has 2 fully saturated rings. The van der Waals surface area contributed by atoms with Crippen molar-refractivity contribution in [2.24, 2.45) is 0 Å². The first kappa shape index (κ1) is 19.1. The summed E-state index contributed by atoms with van der Waals surface area (Å²) in [6.07, 6.45) is 6.15. The number of hydrogen-bond donors (Lipinski definition) is 0. The third kappa shape index (κ3) is 4.61. The van der Waals surface area contributed by atoms with Crippen LogP contribution in [0.25, 0.3) is 0 Å². The van der Waals surface area contributed by atoms with Crippen LogP contribution in [0.2, 0.25) is 0 Å². The molecule has 1 unspecified atom stereocenters. The lowest BCUT2D eigenvalue weighted by molar-refractivity contribution is 0.0790. The lowest BCUT2D eigenvalue weighted by Crippen LogP contribution is -2.29. The molecule has 4 heteroatoms. The third-order valence-corrected chi connectivity index (χ3v) is 6.10. The predicted octanol–water partition coefficient (Wildman–Crippen LogP) is 4.83. The smallest absolute Gasteiger partial charge is 0.253 e. The highest BCUT2D eigenvalue weighted by atomic mass is 19.1. The molecule has 0 saturated carbocycles. The van der Waals surface area contributed by atoms with Crippen molar-refractivity contribution in [3.63, 3.8) is 0 Å². The van der Waals surface area contributed by atoms with E-state index >= 15 is 0 Å². The number of rotatable bonds is 4. The molecule has 4 rings (SSSR count). The quantitative estimate of drug-likeness (QED) is 0.758. The van der Waals surface area contributed by atoms with Crippen LogP contribution in [0.4, 0.5) is 4.39 Å². The Balaban J connectivity index is 1.40. The molecule has 2 aromatic carbocycles. The molecule has 0 bridgehead atoms. The van der Waals surface area contributed by atoms with E-state index in [1.807, 2.05) is 29.2 Å². The van der Waals surface area contributed by atoms with Gasteiger partial charge in [0.15, 0.2) is 0 Å². The summed E-state index contributed by atoms with van der Waals surface area (Å²) in [4.78, 5) is 17.5. The molecule has 1 amide bonds. The summed E-state index contributed by atoms with van der Waals surface area (Å²) in [6, 6.07) is 14.8. The molecule has 2 saturated heterocycles. The Morgan fingerprint density at radius 1 is 0.964 bits per heavy atom. The molecule has 2 heterocycles. The van der Waals surface area contributed by atoms with E-state index in [1.54, 1.807) is 0 Å². The number of hydrogen-bond acceptors (Lipinski definition) is 2. The van der Waals surface area contributed by atoms with Crippen LogP contribution in [-0.2, 0) is 6.54 Å². The minimum Gasteiger partial charge on any atom is -0.338 e. The average Bonchev–Trinajstić information content (AvgIpc) is 3.07. The molecule has 0 N–H and O–H groups in total. The Labute approximate surface area is 167 Å². The molecule has 1 atom stereocenters. The highest BCUT2D eigenvalue weighted by molar-refractivity contribution is 5.94. The van der Waals surface area contributed by atoms with Crippen LogP contribution in [0, 0.1) is 5.82 Å². The van der Waals surface area contributed by atoms with Crippen molar-refractivity contribution in [2.75, 3.05) is 26.2 Å². The highest BCUT2D eigenvalue weighted by Crippen LogP contribution is 2.28. The molecule has 2 aromatic rings. The Morgan fingerprint density at radius 2 is 1.71 bits per heavy atom. The maximum Gasteiger partial charge on any atom is 0.253 e. The zero-order valence-corrected chi connectivity index (χ0v) is 16.4. The van der Waals surface area contributed by atoms with Crippen molar-refractivity contribution < 1.29 is 9.18 Å². The van der Waals surface area contributed by atoms with Crippen LogP contribution in [0.1, 0.15) is 59.5 Å². The average molecular weight is 381 g/mol. The van der Waals surface area contributed by atoms with E-state index in [4.69, 9.17) is 0 Å². The van der Waals surface area contributed by atoms with Crippen molar-refractivity contribution in [1.29, 1.82) is 0 Å². The van der Waals surface area contributed by atoms with Gasteiger partial charge in [-0.05, 0) is 67.7 Å². The summed E-state index contributed by atoms with van der Waals surface area (Å²) in [5.74, 6) is 0.197. The van der Waals surface area contributed by atoms with Crippen molar-refractivity contribution in [3.05, 3.63) is 71.0 Å². The summed E-state index contributed by atoms with van der Waals surface area (Å²) < 4.78 is 13.2. The van der Waals surface area contributed by atoms with Crippen LogP contribution in [0.5, 0.6) is 0 Å². The van der Waals surface area contributed by atoms with Crippen molar-refractivity contribution in [1.82, 2.24) is 9.80 Å². The van der Waals surface area contributed by atoms with Crippen LogP contribution >= 0.6 is 0 Å². The summed E-state index contributed by atoms with van der Waals surface area (Å²) in [6.45, 7) is 4.71. The zero-order chi connectivity index (χ0) is 19.3. The third-order valence-electron chi connectivity index (χ3n) is 6.10. The van der Waals surface area contributed by atoms with Gasteiger partial charge in [-0.25, -0.2) is 4.39 Å². The van der Waals surface area contributed by atoms with Gasteiger partial charge in [0.2, 0.25) is 0 Å². The van der Waals surface area contributed by atoms with E-state index in [0.29, 0.717) is 12.5 Å². The second-order valence-corrected chi connectivity index (χ2v) is 8.18. The monoisotopic (exact) mass is 380 g/mol. The van der Waals surface area contributed by atoms with Crippen molar-refractivity contribution in [2.45, 2.75) is 44.6 Å². The van der Waals surface area contributed by atoms with Gasteiger partial charge in [-0.15, -0.1) is 0 Å². The van der Waals surface area contributed by atoms with E-state index in [2.05, 4.69) is 17.0 Å². The maximum absolute atomic E-state index is 13.2. The van der Waals surface area contributed by atoms with E-state index in [-0.39, 0.29) is 11.7 Å². The summed E-state index contributed by atoms with van der Waals surface area (Å²) in [7, 11) is 0. The summed E-state index contributed by atoms with van der Waals surface area (Å²) >= 11 is 0. The van der Waals surface area contributed by atoms with Crippen LogP contribution in [0.3, 0.4) is 0 Å². The predicted molar refractivity (Wildman–Crippen MR) is 110 cm³/mol. The molecule has 2 aliphatic heterocycles. The fraction of sp³-hybridized carbons (Fsp3) is 0.458. The first-order valence-electron chi connectivity index (χ1n) is 10.5. The van der Waals surface area contributed by atoms with E-state index in [9.17, 15) is 9.18 Å². The number of amides is 1. The molecule has 148 valence electrons. The normalized spacial score (nSPS) is 20.9. The molecule has 28 heavy (non-hydrogen) atoms. The zero-order valence-electron chi connectivity index (χ0n) is 16.4. The first-order valence-corrected chi connectivity index (χ1v) is 10.5. The molecular formula is C24H29FN2O. The highest BCUT2D eigenvalue weighted by Gasteiger charge is 2.28. The second-order valence-electron chi connectivity index (χ2n) is 8.18. The first-order chi connectivity index (χ1) is 13.7. The van der Waals surface area contributed by atoms with Gasteiger partial charge in [0.25, 0.3) is 5.91 Å². The Bertz CT molecular complexity index is 797. The molecule has 0 radical (unpaired) electrons. The van der Waals surface area contributed by atoms with Gasteiger partial charge in [0, 0.05) is 31.1 Å². The molecule has 0 spiro atoms. The van der Waals surface area contributed by atoms with Gasteiger partial charge in [0.1, 0.15) is 5.82 Å². The van der Waals surface area contributed by atoms with Gasteiger partial charge >= 0.3 is 0 Å². The van der Waals surface area contributed by atoms with Gasteiger partial charge in [0.05, 0.1) is 0 Å². The SMILES string of the molecule is O=C(c1cccc(CN2CCCCCC2)c1)N1CCC(c2ccc(F)cc2)C1. The summed E-state index contributed by atoms with van der Waals surface area (Å²) in [5.41, 5.74) is 3.13. The second kappa shape index (κ2) is 8.87. The Hall–Kier alpha value is -2.20. The van der Waals surface area contributed by atoms with Crippen molar-refractivity contribution >= 4 is 5.91 Å². The molecule has 0 aliphatic carbocycles. The van der Waals surface area contributed by atoms with Gasteiger partial charge in [-0.2, -0.15) is 0 Å². The minimum absolute atomic E-state index is 0.113. The van der Waals surface area contributed by atoms with Gasteiger partial charge < -0.3 is 4.90 Å². The number of likely N-dealkylation sites (tertiary alicyclic amines) is 2. The molecule has 2 aliphatic rings. The standard InChI is InChI=1S/C24H29FN2O/c25-23-10-8-20(9-11-23)22-12-15-27(18-22)24(28)21-7-5-6-19(16-21)17-26-13-3-1-2-4-14-26/h5-11,16,22H,1-4,12-15,17-18H2. The maximum atomic E-state index is 13.2. The molecular weight excluding hydrogens is 351 g/mol. The van der Waals surface area contributed by atoms with E-state index in [1.165, 1.54) is 43.4 Å². The van der Waals surface area contributed by atoms with Crippen LogP contribution < -0.4 is 0 Å². The number of benzene rings is 2. The minimum atomic E-state index is -0.212. The van der Waals surface area contributed by atoms with Crippen molar-refractivity contribution in [3.8, 4) is 0 Å². The molecule has 0 aromatic heterocycles. The van der Waals surface area contributed by atoms with Gasteiger partial charge in [-0.3, -0.25) is 9.69 Å². The number of nitrogens with zero attached hydrogens (tertiary/aromatic N) is 2. The largest absolute Gasteiger partial charge is 0.338 e. The Kier molecular flexibility index (Phi) is 6.06.